The summed E-state index contributed by atoms with van der Waals surface area (Å²) in [7, 11) is 0. The third kappa shape index (κ3) is 5.00. The Balaban J connectivity index is 1.92. The highest BCUT2D eigenvalue weighted by Crippen LogP contribution is 2.19. The summed E-state index contributed by atoms with van der Waals surface area (Å²) in [5.41, 5.74) is 4.47. The van der Waals surface area contributed by atoms with Crippen LogP contribution in [0.1, 0.15) is 18.1 Å². The van der Waals surface area contributed by atoms with E-state index in [-0.39, 0.29) is 12.4 Å². The molecular weight excluding hydrogens is 316 g/mol. The molecule has 0 aromatic heterocycles. The summed E-state index contributed by atoms with van der Waals surface area (Å²) in [6.07, 6.45) is 0. The van der Waals surface area contributed by atoms with Crippen molar-refractivity contribution in [3.05, 3.63) is 58.6 Å². The molecule has 0 aliphatic carbocycles. The molecule has 0 unspecified atom stereocenters. The first-order chi connectivity index (χ1) is 11.0. The van der Waals surface area contributed by atoms with Gasteiger partial charge in [0.05, 0.1) is 5.71 Å². The lowest BCUT2D eigenvalue weighted by atomic mass is 10.1. The zero-order chi connectivity index (χ0) is 16.8. The average molecular weight is 333 g/mol. The molecule has 0 saturated carbocycles. The number of hydrazone groups is 1. The number of hydrogen-bond acceptors (Lipinski definition) is 4. The third-order valence-electron chi connectivity index (χ3n) is 3.07. The molecule has 0 spiro atoms. The molecule has 2 rings (SSSR count). The standard InChI is InChI=1S/C17H17ClN2O3/c1-11-3-8-16(21)15(9-11)12(2)19-20-17(22)10-23-14-6-4-13(18)5-7-14/h3-9,21H,10H2,1-2H3,(H,20,22)/b19-12+. The third-order valence-corrected chi connectivity index (χ3v) is 3.33. The predicted molar refractivity (Wildman–Crippen MR) is 90.1 cm³/mol. The second-order valence-electron chi connectivity index (χ2n) is 5.00. The summed E-state index contributed by atoms with van der Waals surface area (Å²) in [6.45, 7) is 3.45. The highest BCUT2D eigenvalue weighted by molar-refractivity contribution is 6.30. The SMILES string of the molecule is C/C(=N\NC(=O)COc1ccc(Cl)cc1)c1cc(C)ccc1O. The summed E-state index contributed by atoms with van der Waals surface area (Å²) >= 11 is 5.77. The molecule has 2 N–H and O–H groups in total. The molecule has 23 heavy (non-hydrogen) atoms. The van der Waals surface area contributed by atoms with Gasteiger partial charge >= 0.3 is 0 Å². The quantitative estimate of drug-likeness (QED) is 0.652. The summed E-state index contributed by atoms with van der Waals surface area (Å²) < 4.78 is 5.31. The molecule has 6 heteroatoms. The molecule has 2 aromatic carbocycles. The maximum Gasteiger partial charge on any atom is 0.277 e. The number of benzene rings is 2. The van der Waals surface area contributed by atoms with Gasteiger partial charge < -0.3 is 9.84 Å². The van der Waals surface area contributed by atoms with Crippen molar-refractivity contribution >= 4 is 23.2 Å². The lowest BCUT2D eigenvalue weighted by molar-refractivity contribution is -0.123. The summed E-state index contributed by atoms with van der Waals surface area (Å²) in [5, 5.41) is 14.4. The number of phenols is 1. The number of carbonyl (C=O) groups excluding carboxylic acids is 1. The van der Waals surface area contributed by atoms with Crippen LogP contribution in [0, 0.1) is 6.92 Å². The van der Waals surface area contributed by atoms with Crippen molar-refractivity contribution in [2.75, 3.05) is 6.61 Å². The van der Waals surface area contributed by atoms with Crippen molar-refractivity contribution in [1.82, 2.24) is 5.43 Å². The van der Waals surface area contributed by atoms with Crippen LogP contribution < -0.4 is 10.2 Å². The van der Waals surface area contributed by atoms with Crippen molar-refractivity contribution in [1.29, 1.82) is 0 Å². The van der Waals surface area contributed by atoms with Crippen LogP contribution in [0.4, 0.5) is 0 Å². The van der Waals surface area contributed by atoms with Gasteiger partial charge in [-0.3, -0.25) is 4.79 Å². The maximum absolute atomic E-state index is 11.7. The van der Waals surface area contributed by atoms with Gasteiger partial charge in [-0.15, -0.1) is 0 Å². The molecule has 2 aromatic rings. The molecule has 0 radical (unpaired) electrons. The molecule has 5 nitrogen and oxygen atoms in total. The van der Waals surface area contributed by atoms with E-state index in [2.05, 4.69) is 10.5 Å². The summed E-state index contributed by atoms with van der Waals surface area (Å²) in [5.74, 6) is 0.261. The number of nitrogens with one attached hydrogen (secondary N) is 1. The van der Waals surface area contributed by atoms with Gasteiger partial charge in [-0.25, -0.2) is 5.43 Å². The Labute approximate surface area is 139 Å². The molecule has 0 fully saturated rings. The molecule has 0 heterocycles. The van der Waals surface area contributed by atoms with Gasteiger partial charge in [0.2, 0.25) is 0 Å². The summed E-state index contributed by atoms with van der Waals surface area (Å²) in [4.78, 5) is 11.7. The minimum Gasteiger partial charge on any atom is -0.507 e. The number of amides is 1. The normalized spacial score (nSPS) is 11.2. The van der Waals surface area contributed by atoms with Crippen LogP contribution in [-0.4, -0.2) is 23.3 Å². The Morgan fingerprint density at radius 2 is 1.96 bits per heavy atom. The Morgan fingerprint density at radius 1 is 1.26 bits per heavy atom. The van der Waals surface area contributed by atoms with Crippen LogP contribution in [0.2, 0.25) is 5.02 Å². The molecule has 0 saturated heterocycles. The highest BCUT2D eigenvalue weighted by Gasteiger charge is 2.06. The smallest absolute Gasteiger partial charge is 0.277 e. The minimum absolute atomic E-state index is 0.114. The second kappa shape index (κ2) is 7.65. The Morgan fingerprint density at radius 3 is 2.65 bits per heavy atom. The van der Waals surface area contributed by atoms with Gasteiger partial charge in [0.1, 0.15) is 11.5 Å². The molecule has 0 atom stereocenters. The number of rotatable bonds is 5. The van der Waals surface area contributed by atoms with Crippen LogP contribution >= 0.6 is 11.6 Å². The van der Waals surface area contributed by atoms with Crippen LogP contribution in [0.5, 0.6) is 11.5 Å². The molecule has 0 aliphatic rings. The van der Waals surface area contributed by atoms with E-state index in [1.807, 2.05) is 6.92 Å². The number of aromatic hydroxyl groups is 1. The van der Waals surface area contributed by atoms with Crippen molar-refractivity contribution < 1.29 is 14.6 Å². The number of ether oxygens (including phenoxy) is 1. The monoisotopic (exact) mass is 332 g/mol. The van der Waals surface area contributed by atoms with E-state index >= 15 is 0 Å². The minimum atomic E-state index is -0.397. The van der Waals surface area contributed by atoms with Crippen LogP contribution in [-0.2, 0) is 4.79 Å². The first kappa shape index (κ1) is 16.8. The zero-order valence-electron chi connectivity index (χ0n) is 12.8. The van der Waals surface area contributed by atoms with Crippen LogP contribution in [0.15, 0.2) is 47.6 Å². The van der Waals surface area contributed by atoms with Gasteiger partial charge in [-0.1, -0.05) is 23.2 Å². The molecule has 120 valence electrons. The number of halogens is 1. The Bertz CT molecular complexity index is 727. The van der Waals surface area contributed by atoms with Gasteiger partial charge in [0.25, 0.3) is 5.91 Å². The Hall–Kier alpha value is -2.53. The fraction of sp³-hybridized carbons (Fsp3) is 0.176. The zero-order valence-corrected chi connectivity index (χ0v) is 13.6. The van der Waals surface area contributed by atoms with E-state index in [9.17, 15) is 9.90 Å². The fourth-order valence-electron chi connectivity index (χ4n) is 1.86. The summed E-state index contributed by atoms with van der Waals surface area (Å²) in [6, 6.07) is 11.9. The second-order valence-corrected chi connectivity index (χ2v) is 5.43. The van der Waals surface area contributed by atoms with Crippen molar-refractivity contribution in [3.63, 3.8) is 0 Å². The van der Waals surface area contributed by atoms with E-state index in [1.165, 1.54) is 0 Å². The number of phenolic OH excluding ortho intramolecular Hbond substituents is 1. The van der Waals surface area contributed by atoms with Crippen LogP contribution in [0.25, 0.3) is 0 Å². The first-order valence-corrected chi connectivity index (χ1v) is 7.35. The first-order valence-electron chi connectivity index (χ1n) is 6.97. The number of nitrogens with zero attached hydrogens (tertiary/aromatic N) is 1. The maximum atomic E-state index is 11.7. The van der Waals surface area contributed by atoms with E-state index in [4.69, 9.17) is 16.3 Å². The highest BCUT2D eigenvalue weighted by atomic mass is 35.5. The number of aryl methyl sites for hydroxylation is 1. The van der Waals surface area contributed by atoms with Crippen molar-refractivity contribution in [3.8, 4) is 11.5 Å². The lowest BCUT2D eigenvalue weighted by Crippen LogP contribution is -2.25. The van der Waals surface area contributed by atoms with Crippen LogP contribution in [0.3, 0.4) is 0 Å². The lowest BCUT2D eigenvalue weighted by Gasteiger charge is -2.07. The number of carbonyl (C=O) groups is 1. The molecular formula is C17H17ClN2O3. The molecule has 0 aliphatic heterocycles. The predicted octanol–water partition coefficient (Wildman–Crippen LogP) is 3.27. The average Bonchev–Trinajstić information content (AvgIpc) is 2.54. The van der Waals surface area contributed by atoms with Crippen molar-refractivity contribution in [2.45, 2.75) is 13.8 Å². The topological polar surface area (TPSA) is 70.9 Å². The molecule has 1 amide bonds. The van der Waals surface area contributed by atoms with Gasteiger partial charge in [-0.05, 0) is 50.2 Å². The van der Waals surface area contributed by atoms with E-state index in [1.54, 1.807) is 49.4 Å². The van der Waals surface area contributed by atoms with E-state index < -0.39 is 5.91 Å². The number of hydrogen-bond donors (Lipinski definition) is 2. The fourth-order valence-corrected chi connectivity index (χ4v) is 1.98. The van der Waals surface area contributed by atoms with Gasteiger partial charge in [0.15, 0.2) is 6.61 Å². The molecule has 0 bridgehead atoms. The van der Waals surface area contributed by atoms with Gasteiger partial charge in [0, 0.05) is 10.6 Å². The van der Waals surface area contributed by atoms with Gasteiger partial charge in [-0.2, -0.15) is 5.10 Å². The van der Waals surface area contributed by atoms with E-state index in [0.717, 1.165) is 5.56 Å². The largest absolute Gasteiger partial charge is 0.507 e. The van der Waals surface area contributed by atoms with E-state index in [0.29, 0.717) is 22.0 Å². The Kier molecular flexibility index (Phi) is 5.60. The van der Waals surface area contributed by atoms with Crippen molar-refractivity contribution in [2.24, 2.45) is 5.10 Å².